The fraction of sp³-hybridized carbons (Fsp3) is 0.250. The Bertz CT molecular complexity index is 844. The van der Waals surface area contributed by atoms with Crippen LogP contribution in [0.2, 0.25) is 0 Å². The minimum atomic E-state index is 0.0399. The van der Waals surface area contributed by atoms with Crippen LogP contribution in [0.15, 0.2) is 59.1 Å². The molecule has 0 N–H and O–H groups in total. The van der Waals surface area contributed by atoms with Gasteiger partial charge in [0.25, 0.3) is 0 Å². The number of ether oxygens (including phenoxy) is 1. The van der Waals surface area contributed by atoms with E-state index < -0.39 is 0 Å². The average Bonchev–Trinajstić information content (AvgIpc) is 3.15. The van der Waals surface area contributed by atoms with Crippen LogP contribution < -0.4 is 4.74 Å². The maximum Gasteiger partial charge on any atom is 0.246 e. The molecule has 0 radical (unpaired) electrons. The quantitative estimate of drug-likeness (QED) is 0.653. The number of hydrogen-bond acceptors (Lipinski definition) is 5. The lowest BCUT2D eigenvalue weighted by Gasteiger charge is -2.14. The summed E-state index contributed by atoms with van der Waals surface area (Å²) >= 11 is 0. The molecule has 26 heavy (non-hydrogen) atoms. The van der Waals surface area contributed by atoms with Gasteiger partial charge in [-0.1, -0.05) is 35.5 Å². The van der Waals surface area contributed by atoms with Crippen molar-refractivity contribution in [3.63, 3.8) is 0 Å². The van der Waals surface area contributed by atoms with E-state index in [0.717, 1.165) is 16.9 Å². The number of methoxy groups -OCH3 is 1. The first kappa shape index (κ1) is 17.7. The van der Waals surface area contributed by atoms with Gasteiger partial charge in [0, 0.05) is 19.0 Å². The van der Waals surface area contributed by atoms with Crippen molar-refractivity contribution in [2.45, 2.75) is 19.4 Å². The second-order valence-electron chi connectivity index (χ2n) is 5.98. The molecule has 0 fully saturated rings. The zero-order chi connectivity index (χ0) is 18.4. The summed E-state index contributed by atoms with van der Waals surface area (Å²) in [5, 5.41) is 3.98. The Hall–Kier alpha value is -3.15. The van der Waals surface area contributed by atoms with E-state index >= 15 is 0 Å². The molecule has 3 rings (SSSR count). The zero-order valence-corrected chi connectivity index (χ0v) is 14.9. The Balaban J connectivity index is 1.56. The van der Waals surface area contributed by atoms with E-state index in [1.54, 1.807) is 19.1 Å². The maximum absolute atomic E-state index is 12.3. The molecule has 6 nitrogen and oxygen atoms in total. The van der Waals surface area contributed by atoms with E-state index in [9.17, 15) is 4.79 Å². The highest BCUT2D eigenvalue weighted by Gasteiger charge is 2.14. The summed E-state index contributed by atoms with van der Waals surface area (Å²) < 4.78 is 10.4. The molecule has 0 atom stereocenters. The summed E-state index contributed by atoms with van der Waals surface area (Å²) in [5.74, 6) is 1.71. The Kier molecular flexibility index (Phi) is 5.63. The highest BCUT2D eigenvalue weighted by molar-refractivity contribution is 5.76. The number of benzene rings is 2. The largest absolute Gasteiger partial charge is 0.497 e. The Morgan fingerprint density at radius 3 is 2.54 bits per heavy atom. The van der Waals surface area contributed by atoms with Gasteiger partial charge < -0.3 is 14.2 Å². The molecular formula is C20H21N3O3. The summed E-state index contributed by atoms with van der Waals surface area (Å²) in [6, 6.07) is 17.4. The molecule has 1 aromatic heterocycles. The highest BCUT2D eigenvalue weighted by atomic mass is 16.5. The van der Waals surface area contributed by atoms with Gasteiger partial charge in [0.1, 0.15) is 5.75 Å². The van der Waals surface area contributed by atoms with E-state index in [1.807, 2.05) is 54.6 Å². The Morgan fingerprint density at radius 1 is 1.12 bits per heavy atom. The summed E-state index contributed by atoms with van der Waals surface area (Å²) in [5.41, 5.74) is 1.98. The predicted octanol–water partition coefficient (Wildman–Crippen LogP) is 3.34. The molecule has 0 aliphatic rings. The van der Waals surface area contributed by atoms with E-state index in [-0.39, 0.29) is 12.5 Å². The molecule has 1 heterocycles. The van der Waals surface area contributed by atoms with Gasteiger partial charge in [-0.15, -0.1) is 0 Å². The third-order valence-electron chi connectivity index (χ3n) is 4.08. The van der Waals surface area contributed by atoms with Crippen LogP contribution in [0.1, 0.15) is 17.9 Å². The first-order valence-corrected chi connectivity index (χ1v) is 8.40. The number of carbonyl (C=O) groups excluding carboxylic acids is 1. The number of hydrogen-bond donors (Lipinski definition) is 0. The van der Waals surface area contributed by atoms with E-state index in [4.69, 9.17) is 9.26 Å². The minimum absolute atomic E-state index is 0.0399. The Labute approximate surface area is 152 Å². The maximum atomic E-state index is 12.3. The topological polar surface area (TPSA) is 68.5 Å². The molecule has 2 aromatic carbocycles. The van der Waals surface area contributed by atoms with Crippen LogP contribution in [-0.2, 0) is 17.8 Å². The first-order valence-electron chi connectivity index (χ1n) is 8.40. The molecule has 0 saturated carbocycles. The summed E-state index contributed by atoms with van der Waals surface area (Å²) in [6.45, 7) is 0.288. The molecule has 0 aliphatic carbocycles. The van der Waals surface area contributed by atoms with Crippen LogP contribution in [0.25, 0.3) is 11.4 Å². The SMILES string of the molecule is COc1ccc(-c2noc(CN(C)C(=O)CCc3ccccc3)n2)cc1. The van der Waals surface area contributed by atoms with Crippen LogP contribution in [0, 0.1) is 0 Å². The third kappa shape index (κ3) is 4.47. The first-order chi connectivity index (χ1) is 12.7. The summed E-state index contributed by atoms with van der Waals surface area (Å²) in [6.07, 6.45) is 1.16. The van der Waals surface area contributed by atoms with Crippen molar-refractivity contribution in [2.24, 2.45) is 0 Å². The van der Waals surface area contributed by atoms with Crippen molar-refractivity contribution in [1.82, 2.24) is 15.0 Å². The van der Waals surface area contributed by atoms with Gasteiger partial charge >= 0.3 is 0 Å². The van der Waals surface area contributed by atoms with Crippen molar-refractivity contribution in [3.05, 3.63) is 66.1 Å². The van der Waals surface area contributed by atoms with Crippen molar-refractivity contribution >= 4 is 5.91 Å². The van der Waals surface area contributed by atoms with Crippen molar-refractivity contribution < 1.29 is 14.1 Å². The van der Waals surface area contributed by atoms with Gasteiger partial charge in [0.05, 0.1) is 13.7 Å². The number of aryl methyl sites for hydroxylation is 1. The Morgan fingerprint density at radius 2 is 1.85 bits per heavy atom. The normalized spacial score (nSPS) is 10.5. The zero-order valence-electron chi connectivity index (χ0n) is 14.9. The van der Waals surface area contributed by atoms with Crippen molar-refractivity contribution in [3.8, 4) is 17.1 Å². The number of rotatable bonds is 7. The smallest absolute Gasteiger partial charge is 0.246 e. The molecule has 0 spiro atoms. The number of carbonyl (C=O) groups is 1. The standard InChI is InChI=1S/C20H21N3O3/c1-23(19(24)13-8-15-6-4-3-5-7-15)14-18-21-20(22-26-18)16-9-11-17(25-2)12-10-16/h3-7,9-12H,8,13-14H2,1-2H3. The molecule has 134 valence electrons. The number of amides is 1. The summed E-state index contributed by atoms with van der Waals surface area (Å²) in [4.78, 5) is 18.3. The third-order valence-corrected chi connectivity index (χ3v) is 4.08. The van der Waals surface area contributed by atoms with Gasteiger partial charge in [0.15, 0.2) is 0 Å². The number of nitrogens with zero attached hydrogens (tertiary/aromatic N) is 3. The van der Waals surface area contributed by atoms with Crippen LogP contribution >= 0.6 is 0 Å². The lowest BCUT2D eigenvalue weighted by molar-refractivity contribution is -0.130. The van der Waals surface area contributed by atoms with Gasteiger partial charge in [-0.05, 0) is 36.2 Å². The molecule has 3 aromatic rings. The van der Waals surface area contributed by atoms with Gasteiger partial charge in [-0.2, -0.15) is 4.98 Å². The molecule has 1 amide bonds. The second-order valence-corrected chi connectivity index (χ2v) is 5.98. The van der Waals surface area contributed by atoms with Crippen LogP contribution in [0.5, 0.6) is 5.75 Å². The molecule has 0 bridgehead atoms. The van der Waals surface area contributed by atoms with E-state index in [2.05, 4.69) is 10.1 Å². The van der Waals surface area contributed by atoms with Gasteiger partial charge in [-0.3, -0.25) is 4.79 Å². The average molecular weight is 351 g/mol. The van der Waals surface area contributed by atoms with Crippen molar-refractivity contribution in [2.75, 3.05) is 14.2 Å². The minimum Gasteiger partial charge on any atom is -0.497 e. The summed E-state index contributed by atoms with van der Waals surface area (Å²) in [7, 11) is 3.36. The van der Waals surface area contributed by atoms with E-state index in [1.165, 1.54) is 0 Å². The van der Waals surface area contributed by atoms with Crippen LogP contribution in [0.4, 0.5) is 0 Å². The van der Waals surface area contributed by atoms with E-state index in [0.29, 0.717) is 24.6 Å². The molecule has 6 heteroatoms. The molecule has 0 saturated heterocycles. The fourth-order valence-corrected chi connectivity index (χ4v) is 2.55. The second kappa shape index (κ2) is 8.29. The molecule has 0 unspecified atom stereocenters. The van der Waals surface area contributed by atoms with Gasteiger partial charge in [0.2, 0.25) is 17.6 Å². The fourth-order valence-electron chi connectivity index (χ4n) is 2.55. The predicted molar refractivity (Wildman–Crippen MR) is 97.5 cm³/mol. The highest BCUT2D eigenvalue weighted by Crippen LogP contribution is 2.20. The number of aromatic nitrogens is 2. The molecule has 0 aliphatic heterocycles. The monoisotopic (exact) mass is 351 g/mol. The van der Waals surface area contributed by atoms with Gasteiger partial charge in [-0.25, -0.2) is 0 Å². The molecular weight excluding hydrogens is 330 g/mol. The van der Waals surface area contributed by atoms with Crippen molar-refractivity contribution in [1.29, 1.82) is 0 Å². The van der Waals surface area contributed by atoms with Crippen LogP contribution in [0.3, 0.4) is 0 Å². The lowest BCUT2D eigenvalue weighted by Crippen LogP contribution is -2.26. The van der Waals surface area contributed by atoms with Crippen LogP contribution in [-0.4, -0.2) is 35.1 Å². The lowest BCUT2D eigenvalue weighted by atomic mass is 10.1.